The van der Waals surface area contributed by atoms with Gasteiger partial charge in [0, 0.05) is 19.6 Å². The molecule has 0 spiro atoms. The van der Waals surface area contributed by atoms with Gasteiger partial charge in [-0.05, 0) is 26.4 Å². The molecule has 2 unspecified atom stereocenters. The Balaban J connectivity index is 2.35. The molecule has 5 heteroatoms. The van der Waals surface area contributed by atoms with Crippen LogP contribution in [-0.4, -0.2) is 56.2 Å². The van der Waals surface area contributed by atoms with E-state index in [1.54, 1.807) is 4.90 Å². The van der Waals surface area contributed by atoms with E-state index in [1.165, 1.54) is 0 Å². The van der Waals surface area contributed by atoms with Crippen LogP contribution in [0.25, 0.3) is 0 Å². The van der Waals surface area contributed by atoms with Gasteiger partial charge in [-0.1, -0.05) is 6.92 Å². The number of nitrogens with zero attached hydrogens (tertiary/aromatic N) is 3. The van der Waals surface area contributed by atoms with Gasteiger partial charge in [0.25, 0.3) is 0 Å². The van der Waals surface area contributed by atoms with Gasteiger partial charge in [-0.25, -0.2) is 4.79 Å². The molecule has 5 nitrogen and oxygen atoms in total. The summed E-state index contributed by atoms with van der Waals surface area (Å²) >= 11 is 0. The van der Waals surface area contributed by atoms with Crippen molar-refractivity contribution < 1.29 is 9.53 Å². The molecule has 0 aromatic heterocycles. The van der Waals surface area contributed by atoms with Crippen LogP contribution in [0.3, 0.4) is 0 Å². The minimum absolute atomic E-state index is 0.0647. The number of ether oxygens (including phenoxy) is 1. The van der Waals surface area contributed by atoms with Crippen molar-refractivity contribution >= 4 is 6.09 Å². The molecular weight excluding hydrogens is 218 g/mol. The highest BCUT2D eigenvalue weighted by molar-refractivity contribution is 5.67. The minimum Gasteiger partial charge on any atom is -0.448 e. The Morgan fingerprint density at radius 3 is 2.88 bits per heavy atom. The van der Waals surface area contributed by atoms with Crippen LogP contribution in [0.4, 0.5) is 4.79 Å². The monoisotopic (exact) mass is 239 g/mol. The topological polar surface area (TPSA) is 56.6 Å². The summed E-state index contributed by atoms with van der Waals surface area (Å²) < 4.78 is 5.16. The normalized spacial score (nSPS) is 24.5. The molecule has 1 aliphatic heterocycles. The molecule has 1 aliphatic rings. The highest BCUT2D eigenvalue weighted by Gasteiger charge is 2.29. The molecule has 0 aliphatic carbocycles. The number of nitriles is 1. The number of likely N-dealkylation sites (tertiary alicyclic amines) is 1. The van der Waals surface area contributed by atoms with Crippen LogP contribution < -0.4 is 0 Å². The highest BCUT2D eigenvalue weighted by Crippen LogP contribution is 2.22. The second-order valence-electron chi connectivity index (χ2n) is 4.87. The van der Waals surface area contributed by atoms with Crippen molar-refractivity contribution in [3.8, 4) is 6.07 Å². The van der Waals surface area contributed by atoms with Crippen LogP contribution in [0.1, 0.15) is 13.3 Å². The van der Waals surface area contributed by atoms with E-state index in [9.17, 15) is 4.79 Å². The van der Waals surface area contributed by atoms with Crippen molar-refractivity contribution in [1.82, 2.24) is 9.80 Å². The number of amides is 1. The molecule has 0 aromatic rings. The molecule has 1 amide bonds. The van der Waals surface area contributed by atoms with E-state index < -0.39 is 0 Å². The third kappa shape index (κ3) is 4.23. The van der Waals surface area contributed by atoms with E-state index in [0.29, 0.717) is 25.6 Å². The number of hydrogen-bond acceptors (Lipinski definition) is 4. The fourth-order valence-corrected chi connectivity index (χ4v) is 1.81. The zero-order chi connectivity index (χ0) is 12.8. The lowest BCUT2D eigenvalue weighted by Crippen LogP contribution is -2.43. The lowest BCUT2D eigenvalue weighted by Gasteiger charge is -2.33. The Kier molecular flexibility index (Phi) is 5.23. The van der Waals surface area contributed by atoms with Crippen molar-refractivity contribution in [3.63, 3.8) is 0 Å². The number of hydrogen-bond donors (Lipinski definition) is 0. The molecule has 17 heavy (non-hydrogen) atoms. The molecule has 0 aromatic carbocycles. The Morgan fingerprint density at radius 2 is 2.29 bits per heavy atom. The maximum Gasteiger partial charge on any atom is 0.409 e. The maximum atomic E-state index is 11.7. The average molecular weight is 239 g/mol. The van der Waals surface area contributed by atoms with Gasteiger partial charge in [0.2, 0.25) is 0 Å². The molecule has 1 fully saturated rings. The highest BCUT2D eigenvalue weighted by atomic mass is 16.6. The summed E-state index contributed by atoms with van der Waals surface area (Å²) in [5.41, 5.74) is 0. The zero-order valence-electron chi connectivity index (χ0n) is 10.8. The summed E-state index contributed by atoms with van der Waals surface area (Å²) in [6.45, 7) is 4.37. The quantitative estimate of drug-likeness (QED) is 0.741. The summed E-state index contributed by atoms with van der Waals surface area (Å²) in [4.78, 5) is 15.3. The summed E-state index contributed by atoms with van der Waals surface area (Å²) in [7, 11) is 3.87. The molecule has 1 heterocycles. The summed E-state index contributed by atoms with van der Waals surface area (Å²) in [5.74, 6) is 0.302. The van der Waals surface area contributed by atoms with Gasteiger partial charge in [0.1, 0.15) is 6.61 Å². The van der Waals surface area contributed by atoms with E-state index in [4.69, 9.17) is 10.00 Å². The number of carbonyl (C=O) groups is 1. The third-order valence-corrected chi connectivity index (χ3v) is 3.15. The first kappa shape index (κ1) is 13.8. The molecule has 1 saturated heterocycles. The lowest BCUT2D eigenvalue weighted by atomic mass is 9.88. The standard InChI is InChI=1S/C12H21N3O2/c1-10-4-5-15(9-11(10)8-13)12(16)17-7-6-14(2)3/h10-11H,4-7,9H2,1-3H3. The van der Waals surface area contributed by atoms with Gasteiger partial charge in [-0.3, -0.25) is 0 Å². The van der Waals surface area contributed by atoms with Gasteiger partial charge >= 0.3 is 6.09 Å². The average Bonchev–Trinajstić information content (AvgIpc) is 2.29. The molecule has 2 atom stereocenters. The Hall–Kier alpha value is -1.28. The SMILES string of the molecule is CC1CCN(C(=O)OCCN(C)C)CC1C#N. The van der Waals surface area contributed by atoms with Gasteiger partial charge in [0.15, 0.2) is 0 Å². The first-order valence-corrected chi connectivity index (χ1v) is 6.00. The molecule has 0 N–H and O–H groups in total. The van der Waals surface area contributed by atoms with Crippen molar-refractivity contribution in [2.75, 3.05) is 40.3 Å². The molecule has 0 bridgehead atoms. The van der Waals surface area contributed by atoms with E-state index in [-0.39, 0.29) is 12.0 Å². The van der Waals surface area contributed by atoms with Crippen molar-refractivity contribution in [1.29, 1.82) is 5.26 Å². The van der Waals surface area contributed by atoms with Gasteiger partial charge in [0.05, 0.1) is 12.0 Å². The Labute approximate surface area is 103 Å². The first-order valence-electron chi connectivity index (χ1n) is 6.00. The van der Waals surface area contributed by atoms with E-state index >= 15 is 0 Å². The fraction of sp³-hybridized carbons (Fsp3) is 0.833. The summed E-state index contributed by atoms with van der Waals surface area (Å²) in [6, 6.07) is 2.26. The third-order valence-electron chi connectivity index (χ3n) is 3.15. The molecule has 0 saturated carbocycles. The summed E-state index contributed by atoms with van der Waals surface area (Å²) in [6.07, 6.45) is 0.583. The van der Waals surface area contributed by atoms with Crippen LogP contribution >= 0.6 is 0 Å². The van der Waals surface area contributed by atoms with Crippen molar-refractivity contribution in [2.45, 2.75) is 13.3 Å². The second-order valence-corrected chi connectivity index (χ2v) is 4.87. The summed E-state index contributed by atoms with van der Waals surface area (Å²) in [5, 5.41) is 8.97. The van der Waals surface area contributed by atoms with Crippen molar-refractivity contribution in [3.05, 3.63) is 0 Å². The number of carbonyl (C=O) groups excluding carboxylic acids is 1. The Bertz CT molecular complexity index is 299. The fourth-order valence-electron chi connectivity index (χ4n) is 1.81. The largest absolute Gasteiger partial charge is 0.448 e. The van der Waals surface area contributed by atoms with Crippen LogP contribution in [0.2, 0.25) is 0 Å². The zero-order valence-corrected chi connectivity index (χ0v) is 10.8. The lowest BCUT2D eigenvalue weighted by molar-refractivity contribution is 0.0760. The van der Waals surface area contributed by atoms with Crippen LogP contribution in [0.15, 0.2) is 0 Å². The number of piperidine rings is 1. The number of rotatable bonds is 3. The van der Waals surface area contributed by atoms with E-state index in [2.05, 4.69) is 13.0 Å². The maximum absolute atomic E-state index is 11.7. The van der Waals surface area contributed by atoms with Gasteiger partial charge < -0.3 is 14.5 Å². The van der Waals surface area contributed by atoms with Crippen LogP contribution in [-0.2, 0) is 4.74 Å². The van der Waals surface area contributed by atoms with Crippen molar-refractivity contribution in [2.24, 2.45) is 11.8 Å². The molecule has 0 radical (unpaired) electrons. The second kappa shape index (κ2) is 6.45. The van der Waals surface area contributed by atoms with E-state index in [1.807, 2.05) is 19.0 Å². The van der Waals surface area contributed by atoms with Gasteiger partial charge in [-0.2, -0.15) is 5.26 Å². The predicted molar refractivity (Wildman–Crippen MR) is 64.4 cm³/mol. The molecule has 96 valence electrons. The Morgan fingerprint density at radius 1 is 1.59 bits per heavy atom. The van der Waals surface area contributed by atoms with Crippen LogP contribution in [0, 0.1) is 23.2 Å². The van der Waals surface area contributed by atoms with Crippen LogP contribution in [0.5, 0.6) is 0 Å². The smallest absolute Gasteiger partial charge is 0.409 e. The van der Waals surface area contributed by atoms with E-state index in [0.717, 1.165) is 13.0 Å². The molecule has 1 rings (SSSR count). The minimum atomic E-state index is -0.293. The first-order chi connectivity index (χ1) is 8.04. The number of likely N-dealkylation sites (N-methyl/N-ethyl adjacent to an activating group) is 1. The molecular formula is C12H21N3O2. The predicted octanol–water partition coefficient (Wildman–Crippen LogP) is 1.17. The van der Waals surface area contributed by atoms with Gasteiger partial charge in [-0.15, -0.1) is 0 Å².